The molecule has 0 saturated carbocycles. The van der Waals surface area contributed by atoms with E-state index in [0.29, 0.717) is 24.9 Å². The molecule has 19 heavy (non-hydrogen) atoms. The normalized spacial score (nSPS) is 18.2. The summed E-state index contributed by atoms with van der Waals surface area (Å²) in [6, 6.07) is 5.60. The summed E-state index contributed by atoms with van der Waals surface area (Å²) < 4.78 is 0.913. The summed E-state index contributed by atoms with van der Waals surface area (Å²) in [6.07, 6.45) is 1.74. The van der Waals surface area contributed by atoms with Gasteiger partial charge in [-0.1, -0.05) is 35.8 Å². The molecule has 1 saturated heterocycles. The van der Waals surface area contributed by atoms with Crippen LogP contribution in [0.2, 0.25) is 0 Å². The topological polar surface area (TPSA) is 37.4 Å². The third-order valence-electron chi connectivity index (χ3n) is 4.23. The molecule has 0 N–H and O–H groups in total. The molecule has 0 aliphatic carbocycles. The van der Waals surface area contributed by atoms with Crippen molar-refractivity contribution in [1.82, 2.24) is 0 Å². The SMILES string of the molecule is CCC1(CC)CC(=O)N(c2cccc(Br)c2C)C1=O. The smallest absolute Gasteiger partial charge is 0.240 e. The van der Waals surface area contributed by atoms with Crippen LogP contribution >= 0.6 is 15.9 Å². The molecule has 1 aliphatic rings. The third kappa shape index (κ3) is 2.12. The monoisotopic (exact) mass is 323 g/mol. The number of benzene rings is 1. The number of imide groups is 1. The van der Waals surface area contributed by atoms with Crippen molar-refractivity contribution in [3.63, 3.8) is 0 Å². The van der Waals surface area contributed by atoms with Gasteiger partial charge in [-0.25, -0.2) is 4.90 Å². The first-order valence-corrected chi connectivity index (χ1v) is 7.38. The molecule has 0 atom stereocenters. The highest BCUT2D eigenvalue weighted by Crippen LogP contribution is 2.42. The van der Waals surface area contributed by atoms with E-state index in [2.05, 4.69) is 15.9 Å². The van der Waals surface area contributed by atoms with Crippen molar-refractivity contribution in [1.29, 1.82) is 0 Å². The van der Waals surface area contributed by atoms with Crippen molar-refractivity contribution in [2.45, 2.75) is 40.0 Å². The Morgan fingerprint density at radius 2 is 1.89 bits per heavy atom. The van der Waals surface area contributed by atoms with Crippen molar-refractivity contribution in [2.24, 2.45) is 5.41 Å². The van der Waals surface area contributed by atoms with Crippen LogP contribution in [0.15, 0.2) is 22.7 Å². The molecule has 0 radical (unpaired) electrons. The first kappa shape index (κ1) is 14.3. The van der Waals surface area contributed by atoms with E-state index < -0.39 is 5.41 Å². The Labute approximate surface area is 122 Å². The fourth-order valence-electron chi connectivity index (χ4n) is 2.68. The van der Waals surface area contributed by atoms with Gasteiger partial charge in [-0.2, -0.15) is 0 Å². The van der Waals surface area contributed by atoms with Gasteiger partial charge in [0.05, 0.1) is 11.1 Å². The van der Waals surface area contributed by atoms with Gasteiger partial charge in [0.25, 0.3) is 0 Å². The highest BCUT2D eigenvalue weighted by molar-refractivity contribution is 9.10. The number of rotatable bonds is 3. The van der Waals surface area contributed by atoms with Gasteiger partial charge in [0.1, 0.15) is 0 Å². The first-order chi connectivity index (χ1) is 8.96. The van der Waals surface area contributed by atoms with Crippen LogP contribution in [-0.4, -0.2) is 11.8 Å². The summed E-state index contributed by atoms with van der Waals surface area (Å²) in [5.74, 6) is -0.140. The molecule has 2 rings (SSSR count). The third-order valence-corrected chi connectivity index (χ3v) is 5.09. The van der Waals surface area contributed by atoms with E-state index in [-0.39, 0.29) is 11.8 Å². The van der Waals surface area contributed by atoms with E-state index in [1.165, 1.54) is 4.90 Å². The van der Waals surface area contributed by atoms with Gasteiger partial charge in [-0.15, -0.1) is 0 Å². The quantitative estimate of drug-likeness (QED) is 0.793. The lowest BCUT2D eigenvalue weighted by atomic mass is 9.81. The first-order valence-electron chi connectivity index (χ1n) is 6.59. The molecule has 0 unspecified atom stereocenters. The second-order valence-corrected chi connectivity index (χ2v) is 5.94. The summed E-state index contributed by atoms with van der Waals surface area (Å²) in [6.45, 7) is 5.87. The average Bonchev–Trinajstić information content (AvgIpc) is 2.65. The summed E-state index contributed by atoms with van der Waals surface area (Å²) in [7, 11) is 0. The van der Waals surface area contributed by atoms with Gasteiger partial charge < -0.3 is 0 Å². The second kappa shape index (κ2) is 5.08. The molecule has 3 nitrogen and oxygen atoms in total. The number of carbonyl (C=O) groups is 2. The minimum absolute atomic E-state index is 0.0521. The number of amides is 2. The Kier molecular flexibility index (Phi) is 3.81. The van der Waals surface area contributed by atoms with Crippen molar-refractivity contribution in [3.05, 3.63) is 28.2 Å². The van der Waals surface area contributed by atoms with Crippen molar-refractivity contribution >= 4 is 33.4 Å². The van der Waals surface area contributed by atoms with E-state index in [9.17, 15) is 9.59 Å². The zero-order valence-corrected chi connectivity index (χ0v) is 13.1. The lowest BCUT2D eigenvalue weighted by molar-refractivity contribution is -0.126. The molecule has 1 aliphatic heterocycles. The summed E-state index contributed by atoms with van der Waals surface area (Å²) >= 11 is 3.45. The maximum absolute atomic E-state index is 12.7. The highest BCUT2D eigenvalue weighted by atomic mass is 79.9. The van der Waals surface area contributed by atoms with Crippen LogP contribution in [0.4, 0.5) is 5.69 Å². The van der Waals surface area contributed by atoms with Gasteiger partial charge >= 0.3 is 0 Å². The Morgan fingerprint density at radius 3 is 2.42 bits per heavy atom. The minimum atomic E-state index is -0.508. The van der Waals surface area contributed by atoms with Gasteiger partial charge in [-0.3, -0.25) is 9.59 Å². The molecule has 0 bridgehead atoms. The standard InChI is InChI=1S/C15H18BrNO2/c1-4-15(5-2)9-13(18)17(14(15)19)12-8-6-7-11(16)10(12)3/h6-8H,4-5,9H2,1-3H3. The van der Waals surface area contributed by atoms with Gasteiger partial charge in [0.2, 0.25) is 11.8 Å². The summed E-state index contributed by atoms with van der Waals surface area (Å²) in [5.41, 5.74) is 1.12. The fourth-order valence-corrected chi connectivity index (χ4v) is 3.03. The van der Waals surface area contributed by atoms with Crippen LogP contribution in [0, 0.1) is 12.3 Å². The van der Waals surface area contributed by atoms with Crippen LogP contribution < -0.4 is 4.90 Å². The Balaban J connectivity index is 2.49. The maximum atomic E-state index is 12.7. The molecule has 1 fully saturated rings. The number of nitrogens with zero attached hydrogens (tertiary/aromatic N) is 1. The zero-order chi connectivity index (χ0) is 14.2. The number of hydrogen-bond acceptors (Lipinski definition) is 2. The maximum Gasteiger partial charge on any atom is 0.240 e. The van der Waals surface area contributed by atoms with Crippen LogP contribution in [0.25, 0.3) is 0 Å². The van der Waals surface area contributed by atoms with Crippen molar-refractivity contribution in [3.8, 4) is 0 Å². The average molecular weight is 324 g/mol. The predicted molar refractivity (Wildman–Crippen MR) is 79.0 cm³/mol. The minimum Gasteiger partial charge on any atom is -0.274 e. The number of hydrogen-bond donors (Lipinski definition) is 0. The van der Waals surface area contributed by atoms with Crippen LogP contribution in [-0.2, 0) is 9.59 Å². The van der Waals surface area contributed by atoms with E-state index in [0.717, 1.165) is 10.0 Å². The van der Waals surface area contributed by atoms with E-state index >= 15 is 0 Å². The molecular weight excluding hydrogens is 306 g/mol. The van der Waals surface area contributed by atoms with Gasteiger partial charge in [0, 0.05) is 10.9 Å². The Morgan fingerprint density at radius 1 is 1.26 bits per heavy atom. The molecule has 1 aromatic rings. The van der Waals surface area contributed by atoms with Crippen LogP contribution in [0.3, 0.4) is 0 Å². The predicted octanol–water partition coefficient (Wildman–Crippen LogP) is 3.83. The molecular formula is C15H18BrNO2. The zero-order valence-electron chi connectivity index (χ0n) is 11.5. The number of halogens is 1. The molecule has 4 heteroatoms. The van der Waals surface area contributed by atoms with E-state index in [1.807, 2.05) is 39.0 Å². The summed E-state index contributed by atoms with van der Waals surface area (Å²) in [5, 5.41) is 0. The Bertz CT molecular complexity index is 535. The summed E-state index contributed by atoms with van der Waals surface area (Å²) in [4.78, 5) is 26.3. The second-order valence-electron chi connectivity index (χ2n) is 5.08. The fraction of sp³-hybridized carbons (Fsp3) is 0.467. The Hall–Kier alpha value is -1.16. The van der Waals surface area contributed by atoms with Gasteiger partial charge in [-0.05, 0) is 37.5 Å². The number of anilines is 1. The van der Waals surface area contributed by atoms with Crippen molar-refractivity contribution < 1.29 is 9.59 Å². The van der Waals surface area contributed by atoms with Crippen LogP contribution in [0.1, 0.15) is 38.7 Å². The molecule has 102 valence electrons. The number of carbonyl (C=O) groups excluding carboxylic acids is 2. The van der Waals surface area contributed by atoms with E-state index in [4.69, 9.17) is 0 Å². The van der Waals surface area contributed by atoms with Crippen LogP contribution in [0.5, 0.6) is 0 Å². The van der Waals surface area contributed by atoms with Crippen molar-refractivity contribution in [2.75, 3.05) is 4.90 Å². The molecule has 1 aromatic carbocycles. The molecule has 2 amide bonds. The van der Waals surface area contributed by atoms with Gasteiger partial charge in [0.15, 0.2) is 0 Å². The lowest BCUT2D eigenvalue weighted by Gasteiger charge is -2.24. The highest BCUT2D eigenvalue weighted by Gasteiger charge is 2.49. The molecule has 1 heterocycles. The molecule has 0 aromatic heterocycles. The van der Waals surface area contributed by atoms with E-state index in [1.54, 1.807) is 0 Å². The largest absolute Gasteiger partial charge is 0.274 e. The lowest BCUT2D eigenvalue weighted by Crippen LogP contribution is -2.35. The molecule has 0 spiro atoms.